The molecule has 10 rings (SSSR count). The van der Waals surface area contributed by atoms with Crippen LogP contribution >= 0.6 is 0 Å². The molecule has 0 fully saturated rings. The van der Waals surface area contributed by atoms with E-state index in [1.165, 1.54) is 14.5 Å². The van der Waals surface area contributed by atoms with Gasteiger partial charge < -0.3 is 54.5 Å². The third-order valence-electron chi connectivity index (χ3n) is 10.2. The van der Waals surface area contributed by atoms with Crippen LogP contribution in [0.3, 0.4) is 0 Å². The number of rotatable bonds is 16. The summed E-state index contributed by atoms with van der Waals surface area (Å²) in [6.45, 7) is 0.411. The second kappa shape index (κ2) is 24.2. The van der Waals surface area contributed by atoms with E-state index < -0.39 is 0 Å². The molecule has 368 valence electrons. The molecule has 6 heterocycles. The van der Waals surface area contributed by atoms with Crippen molar-refractivity contribution in [2.75, 3.05) is 41.7 Å². The molecule has 0 radical (unpaired) electrons. The van der Waals surface area contributed by atoms with E-state index in [0.29, 0.717) is 36.9 Å². The maximum absolute atomic E-state index is 11.0. The Morgan fingerprint density at radius 1 is 0.634 bits per heavy atom. The number of carbonyl (C=O) groups is 2. The Morgan fingerprint density at radius 2 is 1.03 bits per heavy atom. The Hall–Kier alpha value is -9.12. The zero-order valence-corrected chi connectivity index (χ0v) is 38.5. The molecule has 0 atom stereocenters. The predicted octanol–water partition coefficient (Wildman–Crippen LogP) is 3.53. The molecule has 4 aromatic heterocycles. The minimum Gasteiger partial charge on any atom is -0.411 e. The van der Waals surface area contributed by atoms with Gasteiger partial charge in [-0.15, -0.1) is 25.2 Å². The molecule has 0 aliphatic carbocycles. The van der Waals surface area contributed by atoms with Crippen LogP contribution in [0.15, 0.2) is 113 Å². The van der Waals surface area contributed by atoms with Crippen LogP contribution in [0.5, 0.6) is 0 Å². The van der Waals surface area contributed by atoms with Gasteiger partial charge in [0.25, 0.3) is 0 Å². The van der Waals surface area contributed by atoms with E-state index in [1.54, 1.807) is 52.2 Å². The van der Waals surface area contributed by atoms with Gasteiger partial charge in [0, 0.05) is 62.1 Å². The minimum absolute atomic E-state index is 0.128. The number of methoxy groups -OCH3 is 3. The van der Waals surface area contributed by atoms with Crippen molar-refractivity contribution < 1.29 is 58.4 Å². The molecule has 71 heavy (non-hydrogen) atoms. The van der Waals surface area contributed by atoms with Gasteiger partial charge in [-0.3, -0.25) is 0 Å². The highest BCUT2D eigenvalue weighted by atomic mass is 16.8. The summed E-state index contributed by atoms with van der Waals surface area (Å²) >= 11 is 0. The van der Waals surface area contributed by atoms with Gasteiger partial charge in [-0.2, -0.15) is 5.26 Å². The van der Waals surface area contributed by atoms with Gasteiger partial charge >= 0.3 is 11.9 Å². The van der Waals surface area contributed by atoms with E-state index in [-0.39, 0.29) is 51.0 Å². The summed E-state index contributed by atoms with van der Waals surface area (Å²) in [5, 5.41) is 56.5. The van der Waals surface area contributed by atoms with E-state index >= 15 is 0 Å². The normalized spacial score (nSPS) is 13.0. The van der Waals surface area contributed by atoms with Gasteiger partial charge in [0.2, 0.25) is 20.4 Å². The number of carbonyl (C=O) groups excluding carboxylic acids is 2. The molecule has 4 N–H and O–H groups in total. The third kappa shape index (κ3) is 13.3. The molecule has 8 aromatic rings. The van der Waals surface area contributed by atoms with Gasteiger partial charge in [0.05, 0.1) is 61.5 Å². The van der Waals surface area contributed by atoms with Crippen molar-refractivity contribution >= 4 is 72.8 Å². The molecule has 4 aromatic carbocycles. The Labute approximate surface area is 402 Å². The number of aromatic nitrogens is 8. The van der Waals surface area contributed by atoms with Crippen LogP contribution < -0.4 is 20.2 Å². The van der Waals surface area contributed by atoms with Crippen LogP contribution in [-0.4, -0.2) is 121 Å². The largest absolute Gasteiger partial charge is 0.411 e. The SMILES string of the molecule is COCOn1ncc2cc(C/C(N)=N/O)ccc21.COCOn1ncc2cc(CC#N)ccc21.COCOn1ncc2cc(CC3=NOC(=O)C3)ccc21.O=C1CC(Cc2ccc3c(cnn3O)c2)=NO1. The van der Waals surface area contributed by atoms with E-state index in [1.807, 2.05) is 66.7 Å². The van der Waals surface area contributed by atoms with E-state index in [0.717, 1.165) is 70.9 Å². The molecule has 25 heteroatoms. The number of ether oxygens (including phenoxy) is 3. The fourth-order valence-electron chi connectivity index (χ4n) is 6.99. The van der Waals surface area contributed by atoms with Crippen LogP contribution in [0.25, 0.3) is 43.6 Å². The Morgan fingerprint density at radius 3 is 1.45 bits per heavy atom. The Kier molecular flexibility index (Phi) is 17.0. The van der Waals surface area contributed by atoms with Crippen molar-refractivity contribution in [3.63, 3.8) is 0 Å². The number of nitriles is 1. The van der Waals surface area contributed by atoms with Gasteiger partial charge in [0.15, 0.2) is 0 Å². The van der Waals surface area contributed by atoms with Crippen LogP contribution in [0.1, 0.15) is 35.1 Å². The summed E-state index contributed by atoms with van der Waals surface area (Å²) < 4.78 is 14.5. The van der Waals surface area contributed by atoms with Crippen LogP contribution in [-0.2, 0) is 59.2 Å². The lowest BCUT2D eigenvalue weighted by Crippen LogP contribution is -2.15. The number of fused-ring (bicyclic) bond motifs is 4. The number of oxime groups is 3. The van der Waals surface area contributed by atoms with Gasteiger partial charge in [-0.1, -0.05) is 54.3 Å². The Bertz CT molecular complexity index is 3260. The van der Waals surface area contributed by atoms with Gasteiger partial charge in [-0.25, -0.2) is 9.59 Å². The number of nitrogens with two attached hydrogens (primary N) is 1. The number of hydrogen-bond donors (Lipinski definition) is 3. The monoisotopic (exact) mass is 973 g/mol. The van der Waals surface area contributed by atoms with E-state index in [9.17, 15) is 14.8 Å². The molecule has 0 spiro atoms. The first-order chi connectivity index (χ1) is 34.6. The van der Waals surface area contributed by atoms with Crippen LogP contribution in [0.2, 0.25) is 0 Å². The summed E-state index contributed by atoms with van der Waals surface area (Å²) in [6, 6.07) is 24.8. The second-order valence-corrected chi connectivity index (χ2v) is 15.3. The summed E-state index contributed by atoms with van der Waals surface area (Å²) in [7, 11) is 4.65. The van der Waals surface area contributed by atoms with Gasteiger partial charge in [-0.05, 0) is 70.8 Å². The average Bonchev–Trinajstić information content (AvgIpc) is 4.26. The van der Waals surface area contributed by atoms with Crippen molar-refractivity contribution in [1.29, 1.82) is 5.26 Å². The lowest BCUT2D eigenvalue weighted by atomic mass is 10.1. The summed E-state index contributed by atoms with van der Waals surface area (Å²) in [5.41, 5.74) is 14.0. The van der Waals surface area contributed by atoms with Crippen molar-refractivity contribution in [2.24, 2.45) is 21.2 Å². The molecule has 0 unspecified atom stereocenters. The summed E-state index contributed by atoms with van der Waals surface area (Å²) in [6.07, 6.45) is 9.13. The third-order valence-corrected chi connectivity index (χ3v) is 10.2. The lowest BCUT2D eigenvalue weighted by molar-refractivity contribution is -0.140. The van der Waals surface area contributed by atoms with Crippen molar-refractivity contribution in [3.8, 4) is 6.07 Å². The highest BCUT2D eigenvalue weighted by Gasteiger charge is 2.19. The molecular weight excluding hydrogens is 927 g/mol. The van der Waals surface area contributed by atoms with Gasteiger partial charge in [0.1, 0.15) is 27.9 Å². The topological polar surface area (TPSA) is 307 Å². The number of amidine groups is 1. The number of nitrogens with zero attached hydrogens (tertiary/aromatic N) is 12. The van der Waals surface area contributed by atoms with Crippen molar-refractivity contribution in [3.05, 3.63) is 120 Å². The first-order valence-electron chi connectivity index (χ1n) is 21.3. The zero-order valence-electron chi connectivity index (χ0n) is 38.5. The van der Waals surface area contributed by atoms with Crippen LogP contribution in [0.4, 0.5) is 0 Å². The number of hydrogen-bond acceptors (Lipinski definition) is 20. The van der Waals surface area contributed by atoms with Crippen molar-refractivity contribution in [2.45, 2.75) is 38.5 Å². The maximum atomic E-state index is 11.0. The standard InChI is InChI=1S/C13H13N3O4.C11H14N4O3.C11H9N3O3.C11H11N3O2/c1-18-8-19-16-12-3-2-9(4-10(12)7-14-16)5-11-6-13(17)20-15-11;1-17-7-18-15-10-3-2-8(5-11(12)14-16)4-9(10)6-13-15;15-11-5-9(13-17-11)4-7-1-2-10-8(3-7)6-12-14(10)16;1-15-8-16-14-11-3-2-9(4-5-12)6-10(11)7-13-14/h2-4,7H,5-6,8H2,1H3;2-4,6,16H,5,7H2,1H3,(H2,12,14);1-3,6,16H,4-5H2;2-3,6-7H,4,8H2,1H3. The quantitative estimate of drug-likeness (QED) is 0.0237. The predicted molar refractivity (Wildman–Crippen MR) is 252 cm³/mol. The molecule has 2 aliphatic heterocycles. The lowest BCUT2D eigenvalue weighted by Gasteiger charge is -2.05. The van der Waals surface area contributed by atoms with E-state index in [4.69, 9.17) is 44.9 Å². The summed E-state index contributed by atoms with van der Waals surface area (Å²) in [5.74, 6) is -0.455. The highest BCUT2D eigenvalue weighted by Crippen LogP contribution is 2.20. The molecule has 0 bridgehead atoms. The second-order valence-electron chi connectivity index (χ2n) is 15.3. The highest BCUT2D eigenvalue weighted by molar-refractivity contribution is 6.03. The molecule has 25 nitrogen and oxygen atoms in total. The molecule has 2 aliphatic rings. The molecule has 0 amide bonds. The summed E-state index contributed by atoms with van der Waals surface area (Å²) in [4.78, 5) is 51.8. The van der Waals surface area contributed by atoms with Crippen LogP contribution in [0, 0.1) is 11.3 Å². The first kappa shape index (κ1) is 49.8. The molecule has 0 saturated carbocycles. The zero-order chi connectivity index (χ0) is 50.1. The van der Waals surface area contributed by atoms with Crippen molar-refractivity contribution in [1.82, 2.24) is 39.8 Å². The maximum Gasteiger partial charge on any atom is 0.340 e. The molecule has 0 saturated heterocycles. The molecular formula is C46H47N13O12. The first-order valence-corrected chi connectivity index (χ1v) is 21.3. The minimum atomic E-state index is -0.316. The fraction of sp³-hybridized carbons (Fsp3) is 0.261. The fourth-order valence-corrected chi connectivity index (χ4v) is 6.99. The average molecular weight is 974 g/mol. The Balaban J connectivity index is 0.000000140. The smallest absolute Gasteiger partial charge is 0.340 e. The number of benzene rings is 4. The van der Waals surface area contributed by atoms with E-state index in [2.05, 4.69) is 51.6 Å².